The highest BCUT2D eigenvalue weighted by molar-refractivity contribution is 5.72. The van der Waals surface area contributed by atoms with E-state index in [0.29, 0.717) is 23.7 Å². The Balaban J connectivity index is 1.38. The Bertz CT molecular complexity index is 609. The third-order valence-electron chi connectivity index (χ3n) is 5.22. The molecule has 4 nitrogen and oxygen atoms in total. The van der Waals surface area contributed by atoms with Gasteiger partial charge in [0.15, 0.2) is 11.5 Å². The predicted octanol–water partition coefficient (Wildman–Crippen LogP) is 7.36. The maximum atomic E-state index is 11.9. The molecule has 1 aliphatic heterocycles. The van der Waals surface area contributed by atoms with Crippen LogP contribution in [0.3, 0.4) is 0 Å². The van der Waals surface area contributed by atoms with Crippen LogP contribution in [-0.2, 0) is 4.79 Å². The topological polar surface area (TPSA) is 44.8 Å². The van der Waals surface area contributed by atoms with Gasteiger partial charge in [-0.3, -0.25) is 4.79 Å². The van der Waals surface area contributed by atoms with Crippen molar-refractivity contribution in [1.29, 1.82) is 0 Å². The molecule has 0 aliphatic carbocycles. The number of benzene rings is 1. The van der Waals surface area contributed by atoms with Gasteiger partial charge in [-0.2, -0.15) is 0 Å². The van der Waals surface area contributed by atoms with E-state index in [0.717, 1.165) is 12.8 Å². The Labute approximate surface area is 176 Å². The molecule has 1 aliphatic rings. The van der Waals surface area contributed by atoms with Gasteiger partial charge in [0.1, 0.15) is 5.75 Å². The smallest absolute Gasteiger partial charge is 0.311 e. The lowest BCUT2D eigenvalue weighted by molar-refractivity contribution is -0.134. The number of rotatable bonds is 16. The van der Waals surface area contributed by atoms with E-state index in [-0.39, 0.29) is 12.8 Å². The second-order valence-corrected chi connectivity index (χ2v) is 7.82. The first kappa shape index (κ1) is 23.3. The second-order valence-electron chi connectivity index (χ2n) is 7.82. The molecule has 0 atom stereocenters. The molecular weight excluding hydrogens is 364 g/mol. The van der Waals surface area contributed by atoms with Crippen molar-refractivity contribution in [2.24, 2.45) is 0 Å². The molecular formula is C25H38O4. The molecule has 0 saturated carbocycles. The van der Waals surface area contributed by atoms with E-state index in [4.69, 9.17) is 14.2 Å². The number of esters is 1. The number of ether oxygens (including phenoxy) is 3. The molecule has 29 heavy (non-hydrogen) atoms. The van der Waals surface area contributed by atoms with Gasteiger partial charge in [-0.05, 0) is 44.2 Å². The Hall–Kier alpha value is -1.97. The highest BCUT2D eigenvalue weighted by atomic mass is 16.7. The van der Waals surface area contributed by atoms with E-state index in [9.17, 15) is 4.79 Å². The standard InChI is InChI=1S/C25H38O4/c1-2-3-4-5-6-7-8-9-10-11-12-13-14-15-16-17-25(26)29-22-18-19-23-24(20-22)28-21-27-23/h9-10,18-20H,2-8,11-17,21H2,1H3. The Morgan fingerprint density at radius 2 is 1.48 bits per heavy atom. The summed E-state index contributed by atoms with van der Waals surface area (Å²) in [7, 11) is 0. The Morgan fingerprint density at radius 3 is 2.21 bits per heavy atom. The van der Waals surface area contributed by atoms with Gasteiger partial charge in [0.05, 0.1) is 0 Å². The molecule has 2 rings (SSSR count). The molecule has 0 fully saturated rings. The minimum absolute atomic E-state index is 0.179. The van der Waals surface area contributed by atoms with Crippen LogP contribution in [0.1, 0.15) is 96.8 Å². The van der Waals surface area contributed by atoms with Crippen molar-refractivity contribution in [1.82, 2.24) is 0 Å². The van der Waals surface area contributed by atoms with Gasteiger partial charge in [0.2, 0.25) is 6.79 Å². The van der Waals surface area contributed by atoms with Crippen molar-refractivity contribution in [2.45, 2.75) is 96.8 Å². The Morgan fingerprint density at radius 1 is 0.862 bits per heavy atom. The number of hydrogen-bond donors (Lipinski definition) is 0. The summed E-state index contributed by atoms with van der Waals surface area (Å²) in [5, 5.41) is 0. The summed E-state index contributed by atoms with van der Waals surface area (Å²) >= 11 is 0. The minimum atomic E-state index is -0.179. The first-order valence-electron chi connectivity index (χ1n) is 11.5. The summed E-state index contributed by atoms with van der Waals surface area (Å²) in [5.41, 5.74) is 0. The molecule has 1 aromatic rings. The van der Waals surface area contributed by atoms with Crippen molar-refractivity contribution in [3.8, 4) is 17.2 Å². The van der Waals surface area contributed by atoms with Crippen molar-refractivity contribution in [3.63, 3.8) is 0 Å². The summed E-state index contributed by atoms with van der Waals surface area (Å²) in [6, 6.07) is 5.22. The number of unbranched alkanes of at least 4 members (excludes halogenated alkanes) is 11. The summed E-state index contributed by atoms with van der Waals surface area (Å²) in [6.07, 6.45) is 21.4. The lowest BCUT2D eigenvalue weighted by atomic mass is 10.1. The molecule has 162 valence electrons. The fourth-order valence-corrected chi connectivity index (χ4v) is 3.46. The van der Waals surface area contributed by atoms with Crippen molar-refractivity contribution < 1.29 is 19.0 Å². The molecule has 0 N–H and O–H groups in total. The molecule has 1 heterocycles. The van der Waals surface area contributed by atoms with Gasteiger partial charge in [0, 0.05) is 12.5 Å². The van der Waals surface area contributed by atoms with E-state index in [1.807, 2.05) is 0 Å². The first-order valence-corrected chi connectivity index (χ1v) is 11.5. The van der Waals surface area contributed by atoms with Gasteiger partial charge in [0.25, 0.3) is 0 Å². The third-order valence-corrected chi connectivity index (χ3v) is 5.22. The number of carbonyl (C=O) groups excluding carboxylic acids is 1. The fourth-order valence-electron chi connectivity index (χ4n) is 3.46. The molecule has 1 aromatic carbocycles. The third kappa shape index (κ3) is 10.4. The van der Waals surface area contributed by atoms with Crippen LogP contribution in [0.15, 0.2) is 30.4 Å². The maximum Gasteiger partial charge on any atom is 0.311 e. The van der Waals surface area contributed by atoms with Crippen LogP contribution in [0.5, 0.6) is 17.2 Å². The van der Waals surface area contributed by atoms with Gasteiger partial charge < -0.3 is 14.2 Å². The monoisotopic (exact) mass is 402 g/mol. The van der Waals surface area contributed by atoms with Crippen LogP contribution in [0.4, 0.5) is 0 Å². The van der Waals surface area contributed by atoms with Gasteiger partial charge in [-0.15, -0.1) is 0 Å². The molecule has 0 spiro atoms. The quantitative estimate of drug-likeness (QED) is 0.125. The van der Waals surface area contributed by atoms with Crippen LogP contribution in [-0.4, -0.2) is 12.8 Å². The average molecular weight is 403 g/mol. The van der Waals surface area contributed by atoms with Crippen LogP contribution in [0.25, 0.3) is 0 Å². The summed E-state index contributed by atoms with van der Waals surface area (Å²) in [4.78, 5) is 11.9. The van der Waals surface area contributed by atoms with Crippen LogP contribution in [0, 0.1) is 0 Å². The van der Waals surface area contributed by atoms with Crippen LogP contribution < -0.4 is 14.2 Å². The van der Waals surface area contributed by atoms with E-state index in [1.54, 1.807) is 18.2 Å². The Kier molecular flexibility index (Phi) is 12.0. The molecule has 0 saturated heterocycles. The number of fused-ring (bicyclic) bond motifs is 1. The summed E-state index contributed by atoms with van der Waals surface area (Å²) in [5.74, 6) is 1.67. The molecule has 4 heteroatoms. The SMILES string of the molecule is CCCCCCCCC=CCCCCCCCC(=O)Oc1ccc2c(c1)OCO2. The zero-order valence-electron chi connectivity index (χ0n) is 18.1. The van der Waals surface area contributed by atoms with Gasteiger partial charge >= 0.3 is 5.97 Å². The van der Waals surface area contributed by atoms with E-state index >= 15 is 0 Å². The van der Waals surface area contributed by atoms with Gasteiger partial charge in [-0.25, -0.2) is 0 Å². The largest absolute Gasteiger partial charge is 0.454 e. The van der Waals surface area contributed by atoms with Gasteiger partial charge in [-0.1, -0.05) is 70.4 Å². The number of carbonyl (C=O) groups is 1. The lowest BCUT2D eigenvalue weighted by Gasteiger charge is -2.05. The first-order chi connectivity index (χ1) is 14.3. The van der Waals surface area contributed by atoms with E-state index in [2.05, 4.69) is 19.1 Å². The highest BCUT2D eigenvalue weighted by Crippen LogP contribution is 2.35. The second kappa shape index (κ2) is 14.9. The van der Waals surface area contributed by atoms with Crippen molar-refractivity contribution in [3.05, 3.63) is 30.4 Å². The van der Waals surface area contributed by atoms with E-state index < -0.39 is 0 Å². The number of hydrogen-bond acceptors (Lipinski definition) is 4. The zero-order valence-corrected chi connectivity index (χ0v) is 18.1. The zero-order chi connectivity index (χ0) is 20.6. The highest BCUT2D eigenvalue weighted by Gasteiger charge is 2.15. The van der Waals surface area contributed by atoms with Crippen LogP contribution >= 0.6 is 0 Å². The average Bonchev–Trinajstić information content (AvgIpc) is 3.19. The minimum Gasteiger partial charge on any atom is -0.454 e. The molecule has 0 unspecified atom stereocenters. The van der Waals surface area contributed by atoms with Crippen LogP contribution in [0.2, 0.25) is 0 Å². The molecule has 0 bridgehead atoms. The molecule has 0 radical (unpaired) electrons. The summed E-state index contributed by atoms with van der Waals surface area (Å²) < 4.78 is 15.9. The van der Waals surface area contributed by atoms with E-state index in [1.165, 1.54) is 70.6 Å². The predicted molar refractivity (Wildman–Crippen MR) is 118 cm³/mol. The van der Waals surface area contributed by atoms with Crippen molar-refractivity contribution in [2.75, 3.05) is 6.79 Å². The van der Waals surface area contributed by atoms with Crippen molar-refractivity contribution >= 4 is 5.97 Å². The molecule has 0 amide bonds. The normalized spacial score (nSPS) is 12.6. The molecule has 0 aromatic heterocycles. The fraction of sp³-hybridized carbons (Fsp3) is 0.640. The number of allylic oxidation sites excluding steroid dienone is 2. The summed E-state index contributed by atoms with van der Waals surface area (Å²) in [6.45, 7) is 2.49. The maximum absolute atomic E-state index is 11.9. The lowest BCUT2D eigenvalue weighted by Crippen LogP contribution is -2.07.